The van der Waals surface area contributed by atoms with Crippen molar-refractivity contribution in [2.45, 2.75) is 13.3 Å². The fraction of sp³-hybridized carbons (Fsp3) is 0.600. The highest BCUT2D eigenvalue weighted by atomic mass is 79.9. The van der Waals surface area contributed by atoms with Gasteiger partial charge in [0.15, 0.2) is 0 Å². The maximum atomic E-state index is 5.77. The average molecular weight is 329 g/mol. The van der Waals surface area contributed by atoms with Crippen molar-refractivity contribution in [1.82, 2.24) is 9.80 Å². The van der Waals surface area contributed by atoms with E-state index in [9.17, 15) is 0 Å². The summed E-state index contributed by atoms with van der Waals surface area (Å²) in [6.45, 7) is 7.28. The van der Waals surface area contributed by atoms with Gasteiger partial charge in [-0.15, -0.1) is 0 Å². The summed E-state index contributed by atoms with van der Waals surface area (Å²) in [5, 5.41) is 0. The molecule has 0 saturated carbocycles. The van der Waals surface area contributed by atoms with Gasteiger partial charge in [-0.05, 0) is 51.3 Å². The van der Waals surface area contributed by atoms with Crippen LogP contribution in [0.4, 0.5) is 0 Å². The van der Waals surface area contributed by atoms with Gasteiger partial charge in [-0.2, -0.15) is 0 Å². The SMILES string of the molecule is CCCN(CCOc1ccc(Br)cc1)CCN(C)C. The summed E-state index contributed by atoms with van der Waals surface area (Å²) in [4.78, 5) is 4.68. The minimum atomic E-state index is 0.745. The third-order valence-corrected chi connectivity index (χ3v) is 3.42. The van der Waals surface area contributed by atoms with Crippen LogP contribution in [0.5, 0.6) is 5.75 Å². The van der Waals surface area contributed by atoms with E-state index in [0.29, 0.717) is 0 Å². The minimum absolute atomic E-state index is 0.745. The number of hydrogen-bond acceptors (Lipinski definition) is 3. The lowest BCUT2D eigenvalue weighted by atomic mass is 10.3. The Morgan fingerprint density at radius 2 is 1.68 bits per heavy atom. The fourth-order valence-electron chi connectivity index (χ4n) is 1.82. The molecule has 0 fully saturated rings. The first-order chi connectivity index (χ1) is 9.11. The van der Waals surface area contributed by atoms with E-state index in [0.717, 1.165) is 43.0 Å². The molecular weight excluding hydrogens is 304 g/mol. The Hall–Kier alpha value is -0.580. The van der Waals surface area contributed by atoms with Gasteiger partial charge in [0.05, 0.1) is 0 Å². The van der Waals surface area contributed by atoms with Crippen molar-refractivity contribution in [1.29, 1.82) is 0 Å². The molecule has 0 aliphatic rings. The second kappa shape index (κ2) is 9.34. The Morgan fingerprint density at radius 3 is 2.26 bits per heavy atom. The van der Waals surface area contributed by atoms with Crippen molar-refractivity contribution in [3.8, 4) is 5.75 Å². The monoisotopic (exact) mass is 328 g/mol. The smallest absolute Gasteiger partial charge is 0.119 e. The Bertz CT molecular complexity index is 341. The number of likely N-dealkylation sites (N-methyl/N-ethyl adjacent to an activating group) is 1. The summed E-state index contributed by atoms with van der Waals surface area (Å²) >= 11 is 3.42. The lowest BCUT2D eigenvalue weighted by molar-refractivity contribution is 0.194. The third-order valence-electron chi connectivity index (χ3n) is 2.89. The molecule has 4 heteroatoms. The van der Waals surface area contributed by atoms with E-state index in [2.05, 4.69) is 46.7 Å². The first kappa shape index (κ1) is 16.5. The van der Waals surface area contributed by atoms with E-state index in [-0.39, 0.29) is 0 Å². The van der Waals surface area contributed by atoms with Gasteiger partial charge in [0.1, 0.15) is 12.4 Å². The van der Waals surface area contributed by atoms with Crippen molar-refractivity contribution in [3.63, 3.8) is 0 Å². The fourth-order valence-corrected chi connectivity index (χ4v) is 2.08. The van der Waals surface area contributed by atoms with Crippen LogP contribution in [0.3, 0.4) is 0 Å². The van der Waals surface area contributed by atoms with Crippen molar-refractivity contribution >= 4 is 15.9 Å². The van der Waals surface area contributed by atoms with Crippen LogP contribution in [0, 0.1) is 0 Å². The van der Waals surface area contributed by atoms with E-state index in [1.807, 2.05) is 24.3 Å². The van der Waals surface area contributed by atoms with Crippen LogP contribution in [0.1, 0.15) is 13.3 Å². The van der Waals surface area contributed by atoms with Gasteiger partial charge in [0, 0.05) is 24.1 Å². The second-order valence-corrected chi connectivity index (χ2v) is 5.86. The summed E-state index contributed by atoms with van der Waals surface area (Å²) in [6.07, 6.45) is 1.19. The van der Waals surface area contributed by atoms with Crippen molar-refractivity contribution < 1.29 is 4.74 Å². The molecule has 0 unspecified atom stereocenters. The van der Waals surface area contributed by atoms with Gasteiger partial charge in [-0.25, -0.2) is 0 Å². The third kappa shape index (κ3) is 7.55. The molecule has 1 aromatic carbocycles. The van der Waals surface area contributed by atoms with Crippen molar-refractivity contribution in [2.75, 3.05) is 46.9 Å². The maximum absolute atomic E-state index is 5.77. The van der Waals surface area contributed by atoms with Crippen LogP contribution in [-0.2, 0) is 0 Å². The lowest BCUT2D eigenvalue weighted by Gasteiger charge is -2.23. The predicted octanol–water partition coefficient (Wildman–Crippen LogP) is 3.10. The number of halogens is 1. The van der Waals surface area contributed by atoms with Crippen LogP contribution in [-0.4, -0.2) is 56.7 Å². The molecule has 0 atom stereocenters. The van der Waals surface area contributed by atoms with Crippen LogP contribution in [0.25, 0.3) is 0 Å². The predicted molar refractivity (Wildman–Crippen MR) is 84.9 cm³/mol. The average Bonchev–Trinajstić information content (AvgIpc) is 2.38. The normalized spacial score (nSPS) is 11.3. The van der Waals surface area contributed by atoms with Gasteiger partial charge in [-0.3, -0.25) is 4.90 Å². The first-order valence-corrected chi connectivity index (χ1v) is 7.66. The largest absolute Gasteiger partial charge is 0.492 e. The zero-order valence-corrected chi connectivity index (χ0v) is 13.8. The van der Waals surface area contributed by atoms with E-state index in [1.54, 1.807) is 0 Å². The number of nitrogens with zero attached hydrogens (tertiary/aromatic N) is 2. The molecule has 0 aromatic heterocycles. The van der Waals surface area contributed by atoms with Gasteiger partial charge in [0.25, 0.3) is 0 Å². The quantitative estimate of drug-likeness (QED) is 0.692. The topological polar surface area (TPSA) is 15.7 Å². The molecular formula is C15H25BrN2O. The Balaban J connectivity index is 2.28. The molecule has 0 bridgehead atoms. The number of rotatable bonds is 9. The highest BCUT2D eigenvalue weighted by molar-refractivity contribution is 9.10. The molecule has 1 rings (SSSR count). The number of ether oxygens (including phenoxy) is 1. The van der Waals surface area contributed by atoms with Gasteiger partial charge in [0.2, 0.25) is 0 Å². The molecule has 0 aliphatic heterocycles. The van der Waals surface area contributed by atoms with Gasteiger partial charge in [-0.1, -0.05) is 22.9 Å². The molecule has 0 spiro atoms. The molecule has 0 radical (unpaired) electrons. The van der Waals surface area contributed by atoms with E-state index >= 15 is 0 Å². The maximum Gasteiger partial charge on any atom is 0.119 e. The molecule has 3 nitrogen and oxygen atoms in total. The summed E-state index contributed by atoms with van der Waals surface area (Å²) in [6, 6.07) is 8.00. The summed E-state index contributed by atoms with van der Waals surface area (Å²) in [5.41, 5.74) is 0. The highest BCUT2D eigenvalue weighted by Gasteiger charge is 2.04. The Labute approximate surface area is 125 Å². The molecule has 0 aliphatic carbocycles. The zero-order chi connectivity index (χ0) is 14.1. The van der Waals surface area contributed by atoms with Crippen molar-refractivity contribution in [2.24, 2.45) is 0 Å². The summed E-state index contributed by atoms with van der Waals surface area (Å²) in [7, 11) is 4.23. The molecule has 0 amide bonds. The van der Waals surface area contributed by atoms with E-state index < -0.39 is 0 Å². The Morgan fingerprint density at radius 1 is 1.00 bits per heavy atom. The molecule has 1 aromatic rings. The lowest BCUT2D eigenvalue weighted by Crippen LogP contribution is -2.35. The standard InChI is InChI=1S/C15H25BrN2O/c1-4-9-18(11-10-17(2)3)12-13-19-15-7-5-14(16)6-8-15/h5-8H,4,9-13H2,1-3H3. The highest BCUT2D eigenvalue weighted by Crippen LogP contribution is 2.15. The molecule has 19 heavy (non-hydrogen) atoms. The van der Waals surface area contributed by atoms with E-state index in [1.165, 1.54) is 6.42 Å². The van der Waals surface area contributed by atoms with Crippen LogP contribution < -0.4 is 4.74 Å². The van der Waals surface area contributed by atoms with Crippen LogP contribution in [0.2, 0.25) is 0 Å². The number of hydrogen-bond donors (Lipinski definition) is 0. The Kier molecular flexibility index (Phi) is 8.10. The molecule has 0 N–H and O–H groups in total. The molecule has 0 heterocycles. The van der Waals surface area contributed by atoms with Crippen LogP contribution in [0.15, 0.2) is 28.7 Å². The molecule has 0 saturated heterocycles. The van der Waals surface area contributed by atoms with Gasteiger partial charge >= 0.3 is 0 Å². The van der Waals surface area contributed by atoms with Gasteiger partial charge < -0.3 is 9.64 Å². The second-order valence-electron chi connectivity index (χ2n) is 4.95. The number of benzene rings is 1. The summed E-state index contributed by atoms with van der Waals surface area (Å²) in [5.74, 6) is 0.937. The van der Waals surface area contributed by atoms with Crippen LogP contribution >= 0.6 is 15.9 Å². The zero-order valence-electron chi connectivity index (χ0n) is 12.2. The first-order valence-electron chi connectivity index (χ1n) is 6.87. The minimum Gasteiger partial charge on any atom is -0.492 e. The molecule has 108 valence electrons. The summed E-state index contributed by atoms with van der Waals surface area (Å²) < 4.78 is 6.85. The van der Waals surface area contributed by atoms with E-state index in [4.69, 9.17) is 4.74 Å². The van der Waals surface area contributed by atoms with Crippen molar-refractivity contribution in [3.05, 3.63) is 28.7 Å².